The molecule has 28 heavy (non-hydrogen) atoms. The Morgan fingerprint density at radius 1 is 1.07 bits per heavy atom. The first-order valence-corrected chi connectivity index (χ1v) is 9.16. The number of amides is 2. The average Bonchev–Trinajstić information content (AvgIpc) is 2.73. The van der Waals surface area contributed by atoms with Crippen LogP contribution in [-0.2, 0) is 16.1 Å². The van der Waals surface area contributed by atoms with Crippen LogP contribution in [-0.4, -0.2) is 29.8 Å². The molecular formula is C21H25ClFN3O2. The molecule has 0 saturated carbocycles. The van der Waals surface area contributed by atoms with Gasteiger partial charge >= 0.3 is 0 Å². The fourth-order valence-electron chi connectivity index (χ4n) is 3.30. The average molecular weight is 406 g/mol. The van der Waals surface area contributed by atoms with E-state index >= 15 is 0 Å². The minimum absolute atomic E-state index is 0. The van der Waals surface area contributed by atoms with E-state index in [1.807, 2.05) is 30.3 Å². The predicted octanol–water partition coefficient (Wildman–Crippen LogP) is 2.80. The molecule has 2 aromatic rings. The van der Waals surface area contributed by atoms with Gasteiger partial charge in [0.15, 0.2) is 0 Å². The van der Waals surface area contributed by atoms with Crippen LogP contribution in [0.25, 0.3) is 0 Å². The first-order valence-electron chi connectivity index (χ1n) is 9.16. The monoisotopic (exact) mass is 405 g/mol. The highest BCUT2D eigenvalue weighted by molar-refractivity contribution is 5.85. The summed E-state index contributed by atoms with van der Waals surface area (Å²) in [5.41, 5.74) is 7.74. The number of nitrogens with one attached hydrogen (secondary N) is 1. The molecule has 1 saturated heterocycles. The van der Waals surface area contributed by atoms with Crippen molar-refractivity contribution in [1.82, 2.24) is 10.2 Å². The van der Waals surface area contributed by atoms with E-state index in [2.05, 4.69) is 5.32 Å². The molecule has 3 rings (SSSR count). The highest BCUT2D eigenvalue weighted by atomic mass is 35.5. The largest absolute Gasteiger partial charge is 0.352 e. The summed E-state index contributed by atoms with van der Waals surface area (Å²) in [5, 5.41) is 2.89. The number of hydrogen-bond acceptors (Lipinski definition) is 3. The number of halogens is 2. The normalized spacial score (nSPS) is 15.4. The summed E-state index contributed by atoms with van der Waals surface area (Å²) in [6.45, 7) is 1.42. The number of rotatable bonds is 5. The maximum atomic E-state index is 12.9. The standard InChI is InChI=1S/C21H24FN3O2.ClH/c22-18-8-6-15(7-9-18)14-24-20(26)17-10-12-25(13-11-17)21(27)19(23)16-4-2-1-3-5-16;/h1-9,17,19H,10-14,23H2,(H,24,26);1H. The van der Waals surface area contributed by atoms with E-state index in [0.29, 0.717) is 32.5 Å². The van der Waals surface area contributed by atoms with E-state index in [0.717, 1.165) is 11.1 Å². The molecule has 0 radical (unpaired) electrons. The van der Waals surface area contributed by atoms with Crippen LogP contribution in [0.3, 0.4) is 0 Å². The Morgan fingerprint density at radius 2 is 1.68 bits per heavy atom. The van der Waals surface area contributed by atoms with Crippen molar-refractivity contribution in [1.29, 1.82) is 0 Å². The van der Waals surface area contributed by atoms with Crippen LogP contribution < -0.4 is 11.1 Å². The summed E-state index contributed by atoms with van der Waals surface area (Å²) in [7, 11) is 0. The Morgan fingerprint density at radius 3 is 2.29 bits per heavy atom. The second kappa shape index (κ2) is 10.2. The molecule has 1 aliphatic heterocycles. The number of benzene rings is 2. The lowest BCUT2D eigenvalue weighted by Gasteiger charge is -2.33. The molecule has 1 fully saturated rings. The molecule has 1 atom stereocenters. The van der Waals surface area contributed by atoms with Crippen molar-refractivity contribution in [3.05, 3.63) is 71.5 Å². The van der Waals surface area contributed by atoms with Gasteiger partial charge in [0.1, 0.15) is 11.9 Å². The highest BCUT2D eigenvalue weighted by Gasteiger charge is 2.29. The highest BCUT2D eigenvalue weighted by Crippen LogP contribution is 2.21. The van der Waals surface area contributed by atoms with Crippen LogP contribution in [0.2, 0.25) is 0 Å². The quantitative estimate of drug-likeness (QED) is 0.803. The summed E-state index contributed by atoms with van der Waals surface area (Å²) in [4.78, 5) is 26.7. The van der Waals surface area contributed by atoms with Gasteiger partial charge in [0.2, 0.25) is 11.8 Å². The van der Waals surface area contributed by atoms with Crippen LogP contribution in [0.1, 0.15) is 30.0 Å². The molecule has 1 heterocycles. The van der Waals surface area contributed by atoms with E-state index in [9.17, 15) is 14.0 Å². The van der Waals surface area contributed by atoms with Gasteiger partial charge in [-0.05, 0) is 36.1 Å². The van der Waals surface area contributed by atoms with Gasteiger partial charge in [-0.3, -0.25) is 9.59 Å². The number of carbonyl (C=O) groups is 2. The van der Waals surface area contributed by atoms with E-state index < -0.39 is 6.04 Å². The molecule has 5 nitrogen and oxygen atoms in total. The minimum atomic E-state index is -0.671. The second-order valence-electron chi connectivity index (χ2n) is 6.83. The van der Waals surface area contributed by atoms with Gasteiger partial charge in [-0.25, -0.2) is 4.39 Å². The van der Waals surface area contributed by atoms with Gasteiger partial charge in [0.25, 0.3) is 0 Å². The third kappa shape index (κ3) is 5.53. The third-order valence-corrected chi connectivity index (χ3v) is 4.98. The third-order valence-electron chi connectivity index (χ3n) is 4.98. The predicted molar refractivity (Wildman–Crippen MR) is 108 cm³/mol. The van der Waals surface area contributed by atoms with E-state index in [4.69, 9.17) is 5.73 Å². The molecule has 0 aromatic heterocycles. The molecule has 2 amide bonds. The fraction of sp³-hybridized carbons (Fsp3) is 0.333. The lowest BCUT2D eigenvalue weighted by molar-refractivity contribution is -0.136. The van der Waals surface area contributed by atoms with Crippen LogP contribution in [0.15, 0.2) is 54.6 Å². The Bertz CT molecular complexity index is 778. The van der Waals surface area contributed by atoms with Crippen molar-refractivity contribution < 1.29 is 14.0 Å². The van der Waals surface area contributed by atoms with Gasteiger partial charge in [-0.2, -0.15) is 0 Å². The van der Waals surface area contributed by atoms with Crippen LogP contribution >= 0.6 is 12.4 Å². The van der Waals surface area contributed by atoms with Crippen molar-refractivity contribution in [3.8, 4) is 0 Å². The Kier molecular flexibility index (Phi) is 7.96. The molecule has 150 valence electrons. The molecule has 2 aromatic carbocycles. The maximum absolute atomic E-state index is 12.9. The van der Waals surface area contributed by atoms with Crippen LogP contribution in [0, 0.1) is 11.7 Å². The Balaban J connectivity index is 0.00000280. The zero-order chi connectivity index (χ0) is 19.2. The van der Waals surface area contributed by atoms with Crippen molar-refractivity contribution >= 4 is 24.2 Å². The topological polar surface area (TPSA) is 75.4 Å². The van der Waals surface area contributed by atoms with Crippen LogP contribution in [0.4, 0.5) is 4.39 Å². The summed E-state index contributed by atoms with van der Waals surface area (Å²) in [6, 6.07) is 14.7. The first-order chi connectivity index (χ1) is 13.0. The van der Waals surface area contributed by atoms with Gasteiger partial charge in [-0.15, -0.1) is 12.4 Å². The van der Waals surface area contributed by atoms with Gasteiger partial charge in [0.05, 0.1) is 0 Å². The smallest absolute Gasteiger partial charge is 0.244 e. The SMILES string of the molecule is Cl.NC(C(=O)N1CCC(C(=O)NCc2ccc(F)cc2)CC1)c1ccccc1. The number of piperidine rings is 1. The summed E-state index contributed by atoms with van der Waals surface area (Å²) in [6.07, 6.45) is 1.23. The summed E-state index contributed by atoms with van der Waals surface area (Å²) in [5.74, 6) is -0.552. The number of nitrogens with zero attached hydrogens (tertiary/aromatic N) is 1. The zero-order valence-electron chi connectivity index (χ0n) is 15.5. The molecule has 1 aliphatic rings. The summed E-state index contributed by atoms with van der Waals surface area (Å²) >= 11 is 0. The molecule has 0 spiro atoms. The number of nitrogens with two attached hydrogens (primary N) is 1. The molecule has 0 bridgehead atoms. The Hall–Kier alpha value is -2.44. The number of hydrogen-bond donors (Lipinski definition) is 2. The van der Waals surface area contributed by atoms with Crippen molar-refractivity contribution in [2.75, 3.05) is 13.1 Å². The van der Waals surface area contributed by atoms with Crippen LogP contribution in [0.5, 0.6) is 0 Å². The zero-order valence-corrected chi connectivity index (χ0v) is 16.3. The lowest BCUT2D eigenvalue weighted by atomic mass is 9.95. The van der Waals surface area contributed by atoms with E-state index in [1.165, 1.54) is 12.1 Å². The molecule has 3 N–H and O–H groups in total. The molecule has 7 heteroatoms. The summed E-state index contributed by atoms with van der Waals surface area (Å²) < 4.78 is 12.9. The number of likely N-dealkylation sites (tertiary alicyclic amines) is 1. The minimum Gasteiger partial charge on any atom is -0.352 e. The Labute approximate surface area is 170 Å². The molecular weight excluding hydrogens is 381 g/mol. The molecule has 0 aliphatic carbocycles. The first kappa shape index (κ1) is 21.9. The number of carbonyl (C=O) groups excluding carboxylic acids is 2. The van der Waals surface area contributed by atoms with Crippen molar-refractivity contribution in [2.24, 2.45) is 11.7 Å². The lowest BCUT2D eigenvalue weighted by Crippen LogP contribution is -2.45. The fourth-order valence-corrected chi connectivity index (χ4v) is 3.30. The van der Waals surface area contributed by atoms with Gasteiger partial charge < -0.3 is 16.0 Å². The van der Waals surface area contributed by atoms with Gasteiger partial charge in [-0.1, -0.05) is 42.5 Å². The van der Waals surface area contributed by atoms with Crippen molar-refractivity contribution in [3.63, 3.8) is 0 Å². The second-order valence-corrected chi connectivity index (χ2v) is 6.83. The van der Waals surface area contributed by atoms with E-state index in [1.54, 1.807) is 17.0 Å². The van der Waals surface area contributed by atoms with Gasteiger partial charge in [0, 0.05) is 25.6 Å². The maximum Gasteiger partial charge on any atom is 0.244 e. The molecule has 1 unspecified atom stereocenters. The van der Waals surface area contributed by atoms with Crippen molar-refractivity contribution in [2.45, 2.75) is 25.4 Å². The van der Waals surface area contributed by atoms with E-state index in [-0.39, 0.29) is 36.0 Å².